The first kappa shape index (κ1) is 20.6. The minimum atomic E-state index is -0.371. The second kappa shape index (κ2) is 8.50. The molecule has 0 saturated carbocycles. The van der Waals surface area contributed by atoms with Crippen molar-refractivity contribution in [2.24, 2.45) is 5.92 Å². The van der Waals surface area contributed by atoms with E-state index >= 15 is 0 Å². The van der Waals surface area contributed by atoms with Crippen LogP contribution in [0, 0.1) is 12.8 Å². The summed E-state index contributed by atoms with van der Waals surface area (Å²) >= 11 is 7.40. The number of hydrogen-bond donors (Lipinski definition) is 0. The number of carbonyl (C=O) groups is 1. The smallest absolute Gasteiger partial charge is 0.262 e. The van der Waals surface area contributed by atoms with Crippen LogP contribution in [0.25, 0.3) is 10.9 Å². The maximum Gasteiger partial charge on any atom is 0.262 e. The van der Waals surface area contributed by atoms with Crippen LogP contribution in [0.4, 0.5) is 0 Å². The molecule has 0 bridgehead atoms. The number of aryl methyl sites for hydroxylation is 1. The molecule has 0 spiro atoms. The minimum Gasteiger partial charge on any atom is -0.293 e. The monoisotopic (exact) mass is 414 g/mol. The number of benzene rings is 2. The van der Waals surface area contributed by atoms with Crippen molar-refractivity contribution >= 4 is 40.0 Å². The van der Waals surface area contributed by atoms with Crippen LogP contribution in [0.1, 0.15) is 36.7 Å². The van der Waals surface area contributed by atoms with E-state index in [1.807, 2.05) is 52.0 Å². The van der Waals surface area contributed by atoms with Crippen LogP contribution in [-0.2, 0) is 6.54 Å². The molecule has 0 N–H and O–H groups in total. The second-order valence-electron chi connectivity index (χ2n) is 7.36. The van der Waals surface area contributed by atoms with Crippen LogP contribution in [0.5, 0.6) is 0 Å². The zero-order valence-electron chi connectivity index (χ0n) is 16.4. The van der Waals surface area contributed by atoms with Gasteiger partial charge in [-0.3, -0.25) is 14.2 Å². The molecule has 1 aromatic heterocycles. The van der Waals surface area contributed by atoms with E-state index in [9.17, 15) is 9.59 Å². The average molecular weight is 415 g/mol. The molecule has 0 amide bonds. The van der Waals surface area contributed by atoms with Crippen LogP contribution in [-0.4, -0.2) is 20.6 Å². The van der Waals surface area contributed by atoms with Gasteiger partial charge in [0, 0.05) is 17.1 Å². The lowest BCUT2D eigenvalue weighted by Gasteiger charge is -2.17. The number of nitrogens with zero attached hydrogens (tertiary/aromatic N) is 2. The van der Waals surface area contributed by atoms with Gasteiger partial charge in [-0.25, -0.2) is 4.98 Å². The van der Waals surface area contributed by atoms with Gasteiger partial charge in [-0.15, -0.1) is 0 Å². The van der Waals surface area contributed by atoms with Gasteiger partial charge in [0.25, 0.3) is 5.56 Å². The number of rotatable bonds is 6. The van der Waals surface area contributed by atoms with E-state index in [1.54, 1.807) is 22.8 Å². The molecular weight excluding hydrogens is 392 g/mol. The molecule has 0 aliphatic heterocycles. The lowest BCUT2D eigenvalue weighted by atomic mass is 10.1. The number of ketones is 1. The summed E-state index contributed by atoms with van der Waals surface area (Å²) in [6.07, 6.45) is 0. The van der Waals surface area contributed by atoms with Crippen LogP contribution < -0.4 is 5.56 Å². The molecule has 0 aliphatic rings. The van der Waals surface area contributed by atoms with Crippen molar-refractivity contribution in [3.05, 3.63) is 69.0 Å². The minimum absolute atomic E-state index is 0.0153. The SMILES string of the molecule is Cc1ccc(C(=O)[C@H](C)Sc2nc3cc(Cl)ccc3c(=O)n2CC(C)C)cc1. The Morgan fingerprint density at radius 2 is 1.82 bits per heavy atom. The van der Waals surface area contributed by atoms with Crippen molar-refractivity contribution in [1.82, 2.24) is 9.55 Å². The van der Waals surface area contributed by atoms with Crippen molar-refractivity contribution in [1.29, 1.82) is 0 Å². The topological polar surface area (TPSA) is 52.0 Å². The van der Waals surface area contributed by atoms with E-state index in [-0.39, 0.29) is 22.5 Å². The first-order valence-electron chi connectivity index (χ1n) is 9.24. The molecule has 146 valence electrons. The summed E-state index contributed by atoms with van der Waals surface area (Å²) < 4.78 is 1.67. The van der Waals surface area contributed by atoms with E-state index in [0.717, 1.165) is 5.56 Å². The van der Waals surface area contributed by atoms with Gasteiger partial charge >= 0.3 is 0 Å². The van der Waals surface area contributed by atoms with Crippen molar-refractivity contribution in [3.8, 4) is 0 Å². The Morgan fingerprint density at radius 3 is 2.46 bits per heavy atom. The molecule has 1 atom stereocenters. The summed E-state index contributed by atoms with van der Waals surface area (Å²) in [4.78, 5) is 30.5. The first-order valence-corrected chi connectivity index (χ1v) is 10.5. The van der Waals surface area contributed by atoms with Crippen molar-refractivity contribution in [2.45, 2.75) is 44.6 Å². The Kier molecular flexibility index (Phi) is 6.26. The third-order valence-electron chi connectivity index (χ3n) is 4.42. The number of Topliss-reactive ketones (excluding diaryl/α,β-unsaturated/α-hetero) is 1. The fraction of sp³-hybridized carbons (Fsp3) is 0.318. The number of aromatic nitrogens is 2. The summed E-state index contributed by atoms with van der Waals surface area (Å²) in [5.74, 6) is 0.285. The maximum absolute atomic E-state index is 13.0. The van der Waals surface area contributed by atoms with Crippen LogP contribution in [0.2, 0.25) is 5.02 Å². The largest absolute Gasteiger partial charge is 0.293 e. The van der Waals surface area contributed by atoms with E-state index in [0.29, 0.717) is 33.2 Å². The number of thioether (sulfide) groups is 1. The highest BCUT2D eigenvalue weighted by molar-refractivity contribution is 8.00. The first-order chi connectivity index (χ1) is 13.3. The number of fused-ring (bicyclic) bond motifs is 1. The number of carbonyl (C=O) groups excluding carboxylic acids is 1. The summed E-state index contributed by atoms with van der Waals surface area (Å²) in [7, 11) is 0. The predicted octanol–water partition coefficient (Wildman–Crippen LogP) is 5.38. The lowest BCUT2D eigenvalue weighted by molar-refractivity contribution is 0.0994. The maximum atomic E-state index is 13.0. The fourth-order valence-corrected chi connectivity index (χ4v) is 4.12. The second-order valence-corrected chi connectivity index (χ2v) is 9.10. The highest BCUT2D eigenvalue weighted by Gasteiger charge is 2.21. The summed E-state index contributed by atoms with van der Waals surface area (Å²) in [6.45, 7) is 8.47. The van der Waals surface area contributed by atoms with Gasteiger partial charge < -0.3 is 0 Å². The summed E-state index contributed by atoms with van der Waals surface area (Å²) in [5.41, 5.74) is 2.21. The molecular formula is C22H23ClN2O2S. The predicted molar refractivity (Wildman–Crippen MR) is 117 cm³/mol. The molecule has 3 rings (SSSR count). The third-order valence-corrected chi connectivity index (χ3v) is 5.74. The molecule has 2 aromatic carbocycles. The third kappa shape index (κ3) is 4.47. The molecule has 0 fully saturated rings. The van der Waals surface area contributed by atoms with Crippen molar-refractivity contribution in [3.63, 3.8) is 0 Å². The van der Waals surface area contributed by atoms with Gasteiger partial charge in [0.15, 0.2) is 10.9 Å². The lowest BCUT2D eigenvalue weighted by Crippen LogP contribution is -2.26. The Bertz CT molecular complexity index is 1070. The molecule has 3 aromatic rings. The van der Waals surface area contributed by atoms with Crippen molar-refractivity contribution in [2.75, 3.05) is 0 Å². The van der Waals surface area contributed by atoms with Crippen molar-refractivity contribution < 1.29 is 4.79 Å². The Labute approximate surface area is 173 Å². The van der Waals surface area contributed by atoms with Crippen LogP contribution >= 0.6 is 23.4 Å². The zero-order chi connectivity index (χ0) is 20.4. The standard InChI is InChI=1S/C22H23ClN2O2S/c1-13(2)12-25-21(27)18-10-9-17(23)11-19(18)24-22(25)28-15(4)20(26)16-7-5-14(3)6-8-16/h5-11,13,15H,12H2,1-4H3/t15-/m0/s1. The quantitative estimate of drug-likeness (QED) is 0.309. The van der Waals surface area contributed by atoms with E-state index < -0.39 is 0 Å². The Balaban J connectivity index is 2.01. The fourth-order valence-electron chi connectivity index (χ4n) is 2.95. The average Bonchev–Trinajstić information content (AvgIpc) is 2.64. The van der Waals surface area contributed by atoms with Gasteiger partial charge in [0.05, 0.1) is 16.2 Å². The molecule has 0 unspecified atom stereocenters. The summed E-state index contributed by atoms with van der Waals surface area (Å²) in [5, 5.41) is 1.23. The van der Waals surface area contributed by atoms with E-state index in [4.69, 9.17) is 11.6 Å². The highest BCUT2D eigenvalue weighted by atomic mass is 35.5. The molecule has 0 aliphatic carbocycles. The van der Waals surface area contributed by atoms with Crippen LogP contribution in [0.15, 0.2) is 52.4 Å². The van der Waals surface area contributed by atoms with Gasteiger partial charge in [0.2, 0.25) is 0 Å². The molecule has 0 radical (unpaired) electrons. The zero-order valence-corrected chi connectivity index (χ0v) is 18.0. The molecule has 28 heavy (non-hydrogen) atoms. The molecule has 0 saturated heterocycles. The van der Waals surface area contributed by atoms with E-state index in [2.05, 4.69) is 4.98 Å². The van der Waals surface area contributed by atoms with E-state index in [1.165, 1.54) is 11.8 Å². The Hall–Kier alpha value is -2.11. The molecule has 4 nitrogen and oxygen atoms in total. The van der Waals surface area contributed by atoms with Gasteiger partial charge in [-0.2, -0.15) is 0 Å². The normalized spacial score (nSPS) is 12.5. The van der Waals surface area contributed by atoms with Gasteiger partial charge in [-0.1, -0.05) is 67.0 Å². The van der Waals surface area contributed by atoms with Gasteiger partial charge in [0.1, 0.15) is 0 Å². The number of hydrogen-bond acceptors (Lipinski definition) is 4. The number of halogens is 1. The summed E-state index contributed by atoms with van der Waals surface area (Å²) in [6, 6.07) is 12.6. The van der Waals surface area contributed by atoms with Gasteiger partial charge in [-0.05, 0) is 38.0 Å². The van der Waals surface area contributed by atoms with Crippen LogP contribution in [0.3, 0.4) is 0 Å². The molecule has 6 heteroatoms. The Morgan fingerprint density at radius 1 is 1.14 bits per heavy atom. The highest BCUT2D eigenvalue weighted by Crippen LogP contribution is 2.26. The molecule has 1 heterocycles.